The van der Waals surface area contributed by atoms with Gasteiger partial charge in [0.05, 0.1) is 27.8 Å². The minimum Gasteiger partial charge on any atom is -0.481 e. The summed E-state index contributed by atoms with van der Waals surface area (Å²) in [4.78, 5) is 35.5. The highest BCUT2D eigenvalue weighted by Gasteiger charge is 2.42. The first kappa shape index (κ1) is 16.6. The maximum atomic E-state index is 12.5. The van der Waals surface area contributed by atoms with Crippen LogP contribution in [0.15, 0.2) is 36.7 Å². The highest BCUT2D eigenvalue weighted by molar-refractivity contribution is 5.94. The Morgan fingerprint density at radius 1 is 1.32 bits per heavy atom. The summed E-state index contributed by atoms with van der Waals surface area (Å²) in [5.74, 6) is -1.19. The molecule has 0 radical (unpaired) electrons. The van der Waals surface area contributed by atoms with Crippen LogP contribution in [0.1, 0.15) is 23.7 Å². The normalized spacial score (nSPS) is 19.8. The van der Waals surface area contributed by atoms with Gasteiger partial charge in [0.1, 0.15) is 0 Å². The van der Waals surface area contributed by atoms with Gasteiger partial charge in [-0.15, -0.1) is 0 Å². The van der Waals surface area contributed by atoms with E-state index in [4.69, 9.17) is 0 Å². The molecule has 9 heteroatoms. The Morgan fingerprint density at radius 2 is 2.00 bits per heavy atom. The number of nitro benzene ring substituents is 1. The maximum absolute atomic E-state index is 12.5. The molecule has 1 atom stereocenters. The summed E-state index contributed by atoms with van der Waals surface area (Å²) in [5.41, 5.74) is -0.0315. The van der Waals surface area contributed by atoms with E-state index in [0.29, 0.717) is 24.2 Å². The van der Waals surface area contributed by atoms with Crippen molar-refractivity contribution in [3.8, 4) is 5.69 Å². The number of hydrogen-bond acceptors (Lipinski definition) is 5. The van der Waals surface area contributed by atoms with Crippen LogP contribution in [0.2, 0.25) is 0 Å². The first-order chi connectivity index (χ1) is 11.8. The first-order valence-electron chi connectivity index (χ1n) is 7.62. The Labute approximate surface area is 142 Å². The third kappa shape index (κ3) is 3.08. The predicted octanol–water partition coefficient (Wildman–Crippen LogP) is 1.72. The van der Waals surface area contributed by atoms with E-state index < -0.39 is 16.3 Å². The van der Waals surface area contributed by atoms with Crippen molar-refractivity contribution in [3.05, 3.63) is 52.3 Å². The number of rotatable bonds is 4. The average Bonchev–Trinajstić information content (AvgIpc) is 3.22. The van der Waals surface area contributed by atoms with Gasteiger partial charge in [-0.05, 0) is 25.5 Å². The minimum absolute atomic E-state index is 0.0303. The molecule has 1 amide bonds. The average molecular weight is 344 g/mol. The van der Waals surface area contributed by atoms with E-state index in [0.717, 1.165) is 0 Å². The van der Waals surface area contributed by atoms with Crippen molar-refractivity contribution >= 4 is 17.6 Å². The molecule has 1 aliphatic heterocycles. The molecule has 0 aliphatic carbocycles. The SMILES string of the molecule is CC1(C(=O)O)CCN(C(=O)c2cnn(-c3ccc([N+](=O)[O-])cc3)c2)C1. The number of nitrogens with zero attached hydrogens (tertiary/aromatic N) is 4. The van der Waals surface area contributed by atoms with E-state index in [2.05, 4.69) is 5.10 Å². The van der Waals surface area contributed by atoms with E-state index >= 15 is 0 Å². The fourth-order valence-electron chi connectivity index (χ4n) is 2.79. The number of hydrogen-bond donors (Lipinski definition) is 1. The van der Waals surface area contributed by atoms with Crippen molar-refractivity contribution in [2.75, 3.05) is 13.1 Å². The number of aliphatic carboxylic acids is 1. The lowest BCUT2D eigenvalue weighted by Crippen LogP contribution is -2.34. The fraction of sp³-hybridized carbons (Fsp3) is 0.312. The Bertz CT molecular complexity index is 844. The van der Waals surface area contributed by atoms with Gasteiger partial charge in [0, 0.05) is 31.4 Å². The van der Waals surface area contributed by atoms with Crippen molar-refractivity contribution in [2.24, 2.45) is 5.41 Å². The number of aromatic nitrogens is 2. The summed E-state index contributed by atoms with van der Waals surface area (Å²) in [6.45, 7) is 2.16. The zero-order valence-electron chi connectivity index (χ0n) is 13.5. The number of amides is 1. The number of benzene rings is 1. The third-order valence-electron chi connectivity index (χ3n) is 4.43. The molecule has 2 heterocycles. The lowest BCUT2D eigenvalue weighted by molar-refractivity contribution is -0.384. The lowest BCUT2D eigenvalue weighted by Gasteiger charge is -2.19. The summed E-state index contributed by atoms with van der Waals surface area (Å²) in [7, 11) is 0. The molecule has 1 aromatic heterocycles. The molecule has 1 N–H and O–H groups in total. The van der Waals surface area contributed by atoms with E-state index in [1.54, 1.807) is 6.92 Å². The topological polar surface area (TPSA) is 119 Å². The van der Waals surface area contributed by atoms with Crippen LogP contribution in [0.3, 0.4) is 0 Å². The molecule has 1 aliphatic rings. The van der Waals surface area contributed by atoms with Crippen molar-refractivity contribution in [1.29, 1.82) is 0 Å². The zero-order chi connectivity index (χ0) is 18.2. The molecular weight excluding hydrogens is 328 g/mol. The summed E-state index contributed by atoms with van der Waals surface area (Å²) in [6.07, 6.45) is 3.34. The summed E-state index contributed by atoms with van der Waals surface area (Å²) in [5, 5.41) is 24.0. The highest BCUT2D eigenvalue weighted by atomic mass is 16.6. The van der Waals surface area contributed by atoms with Crippen molar-refractivity contribution in [2.45, 2.75) is 13.3 Å². The minimum atomic E-state index is -0.927. The molecule has 0 bridgehead atoms. The van der Waals surface area contributed by atoms with Crippen LogP contribution >= 0.6 is 0 Å². The van der Waals surface area contributed by atoms with Crippen LogP contribution in [0.25, 0.3) is 5.69 Å². The van der Waals surface area contributed by atoms with Crippen molar-refractivity contribution in [3.63, 3.8) is 0 Å². The van der Waals surface area contributed by atoms with Crippen LogP contribution < -0.4 is 0 Å². The van der Waals surface area contributed by atoms with Gasteiger partial charge in [-0.3, -0.25) is 19.7 Å². The largest absolute Gasteiger partial charge is 0.481 e. The Balaban J connectivity index is 1.76. The second kappa shape index (κ2) is 6.00. The fourth-order valence-corrected chi connectivity index (χ4v) is 2.79. The maximum Gasteiger partial charge on any atom is 0.311 e. The molecule has 9 nitrogen and oxygen atoms in total. The van der Waals surface area contributed by atoms with E-state index in [1.165, 1.54) is 46.2 Å². The van der Waals surface area contributed by atoms with Crippen LogP contribution in [0, 0.1) is 15.5 Å². The Morgan fingerprint density at radius 3 is 2.56 bits per heavy atom. The Hall–Kier alpha value is -3.23. The molecule has 3 rings (SSSR count). The monoisotopic (exact) mass is 344 g/mol. The molecule has 1 fully saturated rings. The molecular formula is C16H16N4O5. The van der Waals surface area contributed by atoms with Crippen LogP contribution in [0.4, 0.5) is 5.69 Å². The third-order valence-corrected chi connectivity index (χ3v) is 4.43. The molecule has 130 valence electrons. The quantitative estimate of drug-likeness (QED) is 0.666. The molecule has 0 spiro atoms. The van der Waals surface area contributed by atoms with E-state index in [-0.39, 0.29) is 18.1 Å². The first-order valence-corrected chi connectivity index (χ1v) is 7.62. The van der Waals surface area contributed by atoms with Gasteiger partial charge >= 0.3 is 5.97 Å². The highest BCUT2D eigenvalue weighted by Crippen LogP contribution is 2.31. The molecule has 1 aromatic carbocycles. The van der Waals surface area contributed by atoms with Crippen molar-refractivity contribution in [1.82, 2.24) is 14.7 Å². The van der Waals surface area contributed by atoms with E-state index in [1.807, 2.05) is 0 Å². The number of carboxylic acid groups (broad SMARTS) is 1. The van der Waals surface area contributed by atoms with Gasteiger partial charge in [0.15, 0.2) is 0 Å². The zero-order valence-corrected chi connectivity index (χ0v) is 13.5. The predicted molar refractivity (Wildman–Crippen MR) is 86.5 cm³/mol. The molecule has 1 saturated heterocycles. The van der Waals surface area contributed by atoms with Gasteiger partial charge in [-0.2, -0.15) is 5.10 Å². The van der Waals surface area contributed by atoms with Crippen molar-refractivity contribution < 1.29 is 19.6 Å². The van der Waals surface area contributed by atoms with Gasteiger partial charge in [-0.1, -0.05) is 0 Å². The van der Waals surface area contributed by atoms with Gasteiger partial charge in [0.2, 0.25) is 0 Å². The number of carboxylic acids is 1. The standard InChI is InChI=1S/C16H16N4O5/c1-16(15(22)23)6-7-18(10-16)14(21)11-8-17-19(9-11)12-2-4-13(5-3-12)20(24)25/h2-5,8-9H,6-7,10H2,1H3,(H,22,23). The summed E-state index contributed by atoms with van der Waals surface area (Å²) >= 11 is 0. The summed E-state index contributed by atoms with van der Waals surface area (Å²) in [6, 6.07) is 5.79. The smallest absolute Gasteiger partial charge is 0.311 e. The molecule has 2 aromatic rings. The number of likely N-dealkylation sites (tertiary alicyclic amines) is 1. The number of carbonyl (C=O) groups excluding carboxylic acids is 1. The molecule has 0 saturated carbocycles. The molecule has 25 heavy (non-hydrogen) atoms. The van der Waals surface area contributed by atoms with Crippen LogP contribution in [0.5, 0.6) is 0 Å². The molecule has 1 unspecified atom stereocenters. The van der Waals surface area contributed by atoms with E-state index in [9.17, 15) is 24.8 Å². The van der Waals surface area contributed by atoms with Crippen LogP contribution in [-0.2, 0) is 4.79 Å². The number of non-ortho nitro benzene ring substituents is 1. The van der Waals surface area contributed by atoms with Gasteiger partial charge in [-0.25, -0.2) is 4.68 Å². The van der Waals surface area contributed by atoms with Gasteiger partial charge in [0.25, 0.3) is 11.6 Å². The second-order valence-corrected chi connectivity index (χ2v) is 6.29. The lowest BCUT2D eigenvalue weighted by atomic mass is 9.90. The second-order valence-electron chi connectivity index (χ2n) is 6.29. The summed E-state index contributed by atoms with van der Waals surface area (Å²) < 4.78 is 1.45. The number of carbonyl (C=O) groups is 2. The van der Waals surface area contributed by atoms with Crippen LogP contribution in [-0.4, -0.2) is 49.7 Å². The number of nitro groups is 1. The Kier molecular flexibility index (Phi) is 3.99. The van der Waals surface area contributed by atoms with Gasteiger partial charge < -0.3 is 10.0 Å².